The minimum Gasteiger partial charge on any atom is -0.300 e. The van der Waals surface area contributed by atoms with Gasteiger partial charge in [0.05, 0.1) is 0 Å². The summed E-state index contributed by atoms with van der Waals surface area (Å²) in [5, 5.41) is 0. The smallest absolute Gasteiger partial charge is 0.158 e. The topological polar surface area (TPSA) is 20.3 Å². The number of allylic oxidation sites excluding steroid dienone is 1. The van der Waals surface area contributed by atoms with Gasteiger partial charge in [0, 0.05) is 18.0 Å². The van der Waals surface area contributed by atoms with Gasteiger partial charge in [-0.1, -0.05) is 6.58 Å². The van der Waals surface area contributed by atoms with Gasteiger partial charge >= 0.3 is 0 Å². The lowest BCUT2D eigenvalue weighted by Gasteiger charge is -2.35. The first-order valence-corrected chi connectivity index (χ1v) is 5.10. The van der Waals surface area contributed by atoms with Crippen molar-refractivity contribution in [3.63, 3.8) is 0 Å². The lowest BCUT2D eigenvalue weighted by atomic mass is 9.88. The molecule has 0 saturated carbocycles. The van der Waals surface area contributed by atoms with Crippen LogP contribution < -0.4 is 0 Å². The third-order valence-corrected chi connectivity index (χ3v) is 3.70. The summed E-state index contributed by atoms with van der Waals surface area (Å²) in [4.78, 5) is 13.9. The molecule has 2 aliphatic heterocycles. The van der Waals surface area contributed by atoms with Crippen LogP contribution in [0, 0.1) is 5.92 Å². The maximum absolute atomic E-state index is 11.5. The van der Waals surface area contributed by atoms with Crippen molar-refractivity contribution in [1.82, 2.24) is 4.90 Å². The first kappa shape index (κ1) is 8.95. The van der Waals surface area contributed by atoms with E-state index in [9.17, 15) is 4.79 Å². The summed E-state index contributed by atoms with van der Waals surface area (Å²) < 4.78 is 0. The summed E-state index contributed by atoms with van der Waals surface area (Å²) in [7, 11) is 2.19. The summed E-state index contributed by atoms with van der Waals surface area (Å²) >= 11 is 0. The minimum atomic E-state index is 0.255. The molecule has 2 unspecified atom stereocenters. The zero-order valence-corrected chi connectivity index (χ0v) is 8.20. The highest BCUT2D eigenvalue weighted by atomic mass is 16.1. The average Bonchev–Trinajstić information content (AvgIpc) is 2.42. The summed E-state index contributed by atoms with van der Waals surface area (Å²) in [6, 6.07) is 1.32. The lowest BCUT2D eigenvalue weighted by molar-refractivity contribution is -0.120. The van der Waals surface area contributed by atoms with Gasteiger partial charge in [-0.15, -0.1) is 0 Å². The van der Waals surface area contributed by atoms with Crippen LogP contribution in [0.25, 0.3) is 0 Å². The fourth-order valence-corrected chi connectivity index (χ4v) is 2.81. The lowest BCUT2D eigenvalue weighted by Crippen LogP contribution is -2.41. The molecule has 2 nitrogen and oxygen atoms in total. The van der Waals surface area contributed by atoms with Gasteiger partial charge in [-0.3, -0.25) is 4.79 Å². The number of hydrogen-bond acceptors (Lipinski definition) is 2. The molecule has 13 heavy (non-hydrogen) atoms. The highest BCUT2D eigenvalue weighted by Crippen LogP contribution is 2.37. The fourth-order valence-electron chi connectivity index (χ4n) is 2.81. The summed E-state index contributed by atoms with van der Waals surface area (Å²) in [6.45, 7) is 3.56. The molecular weight excluding hydrogens is 162 g/mol. The van der Waals surface area contributed by atoms with Crippen LogP contribution in [-0.4, -0.2) is 29.8 Å². The van der Waals surface area contributed by atoms with Crippen molar-refractivity contribution < 1.29 is 4.79 Å². The normalized spacial score (nSPS) is 39.0. The Bertz CT molecular complexity index is 222. The Kier molecular flexibility index (Phi) is 2.24. The highest BCUT2D eigenvalue weighted by Gasteiger charge is 2.39. The van der Waals surface area contributed by atoms with Gasteiger partial charge in [0.2, 0.25) is 0 Å². The van der Waals surface area contributed by atoms with Crippen LogP contribution in [0.15, 0.2) is 12.7 Å². The molecule has 2 atom stereocenters. The average molecular weight is 179 g/mol. The maximum Gasteiger partial charge on any atom is 0.158 e. The number of carbonyl (C=O) groups is 1. The van der Waals surface area contributed by atoms with Crippen molar-refractivity contribution in [3.05, 3.63) is 12.7 Å². The standard InChI is InChI=1S/C11H17NO/c1-3-11(13)8-6-9-4-5-10(7-8)12(9)2/h3,8-10H,1,4-7H2,2H3. The molecule has 2 heterocycles. The Morgan fingerprint density at radius 3 is 2.38 bits per heavy atom. The number of hydrogen-bond donors (Lipinski definition) is 0. The van der Waals surface area contributed by atoms with Crippen LogP contribution in [0.3, 0.4) is 0 Å². The molecule has 0 aromatic carbocycles. The number of carbonyl (C=O) groups excluding carboxylic acids is 1. The quantitative estimate of drug-likeness (QED) is 0.600. The van der Waals surface area contributed by atoms with Gasteiger partial charge in [0.1, 0.15) is 0 Å². The molecule has 0 radical (unpaired) electrons. The second-order valence-electron chi connectivity index (χ2n) is 4.33. The van der Waals surface area contributed by atoms with E-state index < -0.39 is 0 Å². The van der Waals surface area contributed by atoms with E-state index in [0.29, 0.717) is 12.1 Å². The fraction of sp³-hybridized carbons (Fsp3) is 0.727. The van der Waals surface area contributed by atoms with Crippen LogP contribution >= 0.6 is 0 Å². The monoisotopic (exact) mass is 179 g/mol. The van der Waals surface area contributed by atoms with Crippen molar-refractivity contribution in [2.24, 2.45) is 5.92 Å². The van der Waals surface area contributed by atoms with E-state index in [1.807, 2.05) is 0 Å². The summed E-state index contributed by atoms with van der Waals surface area (Å²) in [5.74, 6) is 0.524. The third kappa shape index (κ3) is 1.44. The predicted molar refractivity (Wildman–Crippen MR) is 52.5 cm³/mol. The molecule has 2 rings (SSSR count). The Labute approximate surface area is 79.6 Å². The van der Waals surface area contributed by atoms with E-state index in [-0.39, 0.29) is 11.7 Å². The highest BCUT2D eigenvalue weighted by molar-refractivity contribution is 5.91. The molecule has 0 aromatic rings. The second-order valence-corrected chi connectivity index (χ2v) is 4.33. The summed E-state index contributed by atoms with van der Waals surface area (Å²) in [5.41, 5.74) is 0. The molecule has 2 saturated heterocycles. The Hall–Kier alpha value is -0.630. The van der Waals surface area contributed by atoms with Gasteiger partial charge in [0.15, 0.2) is 5.78 Å². The van der Waals surface area contributed by atoms with Gasteiger partial charge in [-0.05, 0) is 38.8 Å². The van der Waals surface area contributed by atoms with Crippen molar-refractivity contribution in [2.75, 3.05) is 7.05 Å². The summed E-state index contributed by atoms with van der Waals surface area (Å²) in [6.07, 6.45) is 6.16. The molecule has 2 heteroatoms. The van der Waals surface area contributed by atoms with E-state index in [0.717, 1.165) is 12.8 Å². The Morgan fingerprint density at radius 2 is 1.92 bits per heavy atom. The van der Waals surface area contributed by atoms with E-state index >= 15 is 0 Å². The van der Waals surface area contributed by atoms with E-state index in [4.69, 9.17) is 0 Å². The number of ketones is 1. The van der Waals surface area contributed by atoms with Crippen LogP contribution in [0.2, 0.25) is 0 Å². The van der Waals surface area contributed by atoms with Crippen LogP contribution in [-0.2, 0) is 4.79 Å². The molecule has 0 amide bonds. The zero-order valence-electron chi connectivity index (χ0n) is 8.20. The number of fused-ring (bicyclic) bond motifs is 2. The van der Waals surface area contributed by atoms with Crippen molar-refractivity contribution in [1.29, 1.82) is 0 Å². The largest absolute Gasteiger partial charge is 0.300 e. The number of nitrogens with zero attached hydrogens (tertiary/aromatic N) is 1. The first-order valence-electron chi connectivity index (χ1n) is 5.10. The molecule has 0 spiro atoms. The molecule has 0 aromatic heterocycles. The molecule has 0 N–H and O–H groups in total. The second kappa shape index (κ2) is 3.26. The number of rotatable bonds is 2. The van der Waals surface area contributed by atoms with Gasteiger partial charge in [0.25, 0.3) is 0 Å². The van der Waals surface area contributed by atoms with Crippen LogP contribution in [0.5, 0.6) is 0 Å². The van der Waals surface area contributed by atoms with Crippen LogP contribution in [0.4, 0.5) is 0 Å². The van der Waals surface area contributed by atoms with Gasteiger partial charge in [-0.2, -0.15) is 0 Å². The SMILES string of the molecule is C=CC(=O)C1CC2CCC(C1)N2C. The predicted octanol–water partition coefficient (Wildman–Crippen LogP) is 1.61. The molecular formula is C11H17NO. The zero-order chi connectivity index (χ0) is 9.42. The van der Waals surface area contributed by atoms with E-state index in [2.05, 4.69) is 18.5 Å². The molecule has 2 bridgehead atoms. The van der Waals surface area contributed by atoms with E-state index in [1.165, 1.54) is 18.9 Å². The van der Waals surface area contributed by atoms with Crippen molar-refractivity contribution in [2.45, 2.75) is 37.8 Å². The molecule has 2 fully saturated rings. The van der Waals surface area contributed by atoms with Gasteiger partial charge in [-0.25, -0.2) is 0 Å². The van der Waals surface area contributed by atoms with Crippen LogP contribution in [0.1, 0.15) is 25.7 Å². The maximum atomic E-state index is 11.5. The Morgan fingerprint density at radius 1 is 1.38 bits per heavy atom. The van der Waals surface area contributed by atoms with Crippen molar-refractivity contribution in [3.8, 4) is 0 Å². The molecule has 72 valence electrons. The Balaban J connectivity index is 2.06. The molecule has 2 aliphatic rings. The minimum absolute atomic E-state index is 0.255. The van der Waals surface area contributed by atoms with Crippen molar-refractivity contribution >= 4 is 5.78 Å². The third-order valence-electron chi connectivity index (χ3n) is 3.70. The van der Waals surface area contributed by atoms with Gasteiger partial charge < -0.3 is 4.90 Å². The number of piperidine rings is 1. The molecule has 0 aliphatic carbocycles. The van der Waals surface area contributed by atoms with E-state index in [1.54, 1.807) is 0 Å². The first-order chi connectivity index (χ1) is 6.22.